The molecule has 0 saturated carbocycles. The molecule has 2 nitrogen and oxygen atoms in total. The molecule has 1 atom stereocenters. The van der Waals surface area contributed by atoms with Crippen molar-refractivity contribution in [2.45, 2.75) is 32.1 Å². The highest BCUT2D eigenvalue weighted by Gasteiger charge is 2.20. The van der Waals surface area contributed by atoms with E-state index in [1.54, 1.807) is 6.07 Å². The van der Waals surface area contributed by atoms with Crippen molar-refractivity contribution in [3.63, 3.8) is 0 Å². The van der Waals surface area contributed by atoms with Crippen LogP contribution >= 0.6 is 0 Å². The van der Waals surface area contributed by atoms with Crippen molar-refractivity contribution >= 4 is 53.9 Å². The molecule has 0 fully saturated rings. The van der Waals surface area contributed by atoms with Crippen molar-refractivity contribution in [3.8, 4) is 11.1 Å². The van der Waals surface area contributed by atoms with E-state index in [1.165, 1.54) is 33.0 Å². The summed E-state index contributed by atoms with van der Waals surface area (Å²) in [6.07, 6.45) is 7.90. The molecule has 7 aromatic rings. The van der Waals surface area contributed by atoms with Gasteiger partial charge in [-0.2, -0.15) is 0 Å². The summed E-state index contributed by atoms with van der Waals surface area (Å²) in [4.78, 5) is 26.0. The molecule has 7 aromatic carbocycles. The second kappa shape index (κ2) is 9.11. The molecule has 0 radical (unpaired) electrons. The molecule has 196 valence electrons. The number of fused-ring (bicyclic) bond motifs is 3. The molecule has 0 amide bonds. The third kappa shape index (κ3) is 3.57. The molecule has 0 heterocycles. The Morgan fingerprint density at radius 2 is 1.27 bits per heavy atom. The lowest BCUT2D eigenvalue weighted by Gasteiger charge is -2.20. The van der Waals surface area contributed by atoms with Gasteiger partial charge in [-0.25, -0.2) is 0 Å². The van der Waals surface area contributed by atoms with Gasteiger partial charge in [0, 0.05) is 16.2 Å². The topological polar surface area (TPSA) is 34.1 Å². The first-order chi connectivity index (χ1) is 20.1. The second-order valence-corrected chi connectivity index (χ2v) is 11.5. The van der Waals surface area contributed by atoms with Crippen LogP contribution in [-0.4, -0.2) is 0 Å². The molecule has 8 rings (SSSR count). The predicted molar refractivity (Wildman–Crippen MR) is 174 cm³/mol. The molecule has 1 aliphatic rings. The van der Waals surface area contributed by atoms with Crippen LogP contribution in [0.3, 0.4) is 0 Å². The minimum Gasteiger partial charge on any atom is -0.285 e. The van der Waals surface area contributed by atoms with Crippen LogP contribution in [0.1, 0.15) is 36.3 Å². The number of aryl methyl sites for hydroxylation is 1. The highest BCUT2D eigenvalue weighted by molar-refractivity contribution is 6.30. The Hall–Kier alpha value is -4.82. The maximum absolute atomic E-state index is 13.1. The zero-order chi connectivity index (χ0) is 27.7. The Labute approximate surface area is 237 Å². The van der Waals surface area contributed by atoms with Crippen LogP contribution in [0.5, 0.6) is 0 Å². The molecule has 41 heavy (non-hydrogen) atoms. The standard InChI is InChI=1S/C39H28O2/c1-23-28(25-12-6-3-7-13-25)19-18-26(24-10-4-2-5-11-24)20-27-14-8-15-29-34-22-35-37-30(33(34)21-32(23)36(27)29)16-9-17-31(37)38(40)39(35)41/h2-6,8-11,14-22,25H,7,12-13H2,1H3. The lowest BCUT2D eigenvalue weighted by atomic mass is 9.84. The minimum atomic E-state index is -0.399. The highest BCUT2D eigenvalue weighted by Crippen LogP contribution is 2.42. The van der Waals surface area contributed by atoms with Crippen LogP contribution in [0.15, 0.2) is 119 Å². The quantitative estimate of drug-likeness (QED) is 0.127. The normalized spacial score (nSPS) is 15.5. The van der Waals surface area contributed by atoms with E-state index in [1.807, 2.05) is 12.1 Å². The fourth-order valence-corrected chi connectivity index (χ4v) is 7.23. The van der Waals surface area contributed by atoms with Crippen LogP contribution < -0.4 is 10.9 Å². The molecule has 1 aliphatic carbocycles. The SMILES string of the molecule is Cc1c(C2CC=CCC2)ccc(-c2ccccc2)cc2cccc3c4cc5c(=O)c(=O)c6cccc(c4cc1c23)c65. The van der Waals surface area contributed by atoms with E-state index in [0.717, 1.165) is 51.6 Å². The van der Waals surface area contributed by atoms with E-state index >= 15 is 0 Å². The van der Waals surface area contributed by atoms with Gasteiger partial charge >= 0.3 is 0 Å². The van der Waals surface area contributed by atoms with Gasteiger partial charge in [0.15, 0.2) is 0 Å². The Kier molecular flexibility index (Phi) is 5.33. The Morgan fingerprint density at radius 3 is 2.05 bits per heavy atom. The van der Waals surface area contributed by atoms with Crippen molar-refractivity contribution in [2.24, 2.45) is 0 Å². The van der Waals surface area contributed by atoms with Crippen molar-refractivity contribution in [3.05, 3.63) is 141 Å². The second-order valence-electron chi connectivity index (χ2n) is 11.5. The summed E-state index contributed by atoms with van der Waals surface area (Å²) in [6.45, 7) is 2.27. The van der Waals surface area contributed by atoms with Gasteiger partial charge in [0.1, 0.15) is 0 Å². The molecule has 0 spiro atoms. The van der Waals surface area contributed by atoms with Gasteiger partial charge in [0.25, 0.3) is 0 Å². The minimum absolute atomic E-state index is 0.398. The summed E-state index contributed by atoms with van der Waals surface area (Å²) < 4.78 is 0. The first-order valence-corrected chi connectivity index (χ1v) is 14.5. The van der Waals surface area contributed by atoms with Crippen molar-refractivity contribution in [2.75, 3.05) is 0 Å². The van der Waals surface area contributed by atoms with E-state index in [4.69, 9.17) is 0 Å². The molecule has 0 saturated heterocycles. The van der Waals surface area contributed by atoms with Crippen LogP contribution in [-0.2, 0) is 0 Å². The molecule has 1 unspecified atom stereocenters. The Balaban J connectivity index is 1.62. The molecular formula is C39H28O2. The summed E-state index contributed by atoms with van der Waals surface area (Å²) in [7, 11) is 0. The third-order valence-electron chi connectivity index (χ3n) is 9.25. The number of hydrogen-bond acceptors (Lipinski definition) is 2. The molecule has 0 aromatic heterocycles. The average molecular weight is 529 g/mol. The highest BCUT2D eigenvalue weighted by atomic mass is 16.2. The van der Waals surface area contributed by atoms with Crippen molar-refractivity contribution in [1.82, 2.24) is 0 Å². The monoisotopic (exact) mass is 528 g/mol. The van der Waals surface area contributed by atoms with Gasteiger partial charge < -0.3 is 0 Å². The lowest BCUT2D eigenvalue weighted by Crippen LogP contribution is -2.16. The third-order valence-corrected chi connectivity index (χ3v) is 9.25. The maximum atomic E-state index is 13.1. The lowest BCUT2D eigenvalue weighted by molar-refractivity contribution is 0.615. The number of benzene rings is 5. The number of rotatable bonds is 2. The smallest absolute Gasteiger partial charge is 0.234 e. The van der Waals surface area contributed by atoms with E-state index < -0.39 is 10.9 Å². The van der Waals surface area contributed by atoms with Crippen LogP contribution in [0.25, 0.3) is 65.0 Å². The summed E-state index contributed by atoms with van der Waals surface area (Å²) in [5, 5.41) is 9.61. The predicted octanol–water partition coefficient (Wildman–Crippen LogP) is 9.41. The fraction of sp³-hybridized carbons (Fsp3) is 0.128. The van der Waals surface area contributed by atoms with Gasteiger partial charge in [-0.3, -0.25) is 9.59 Å². The van der Waals surface area contributed by atoms with E-state index in [-0.39, 0.29) is 0 Å². The van der Waals surface area contributed by atoms with Crippen molar-refractivity contribution in [1.29, 1.82) is 0 Å². The Bertz CT molecular complexity index is 2330. The molecular weight excluding hydrogens is 500 g/mol. The molecule has 0 bridgehead atoms. The molecule has 0 N–H and O–H groups in total. The van der Waals surface area contributed by atoms with E-state index in [2.05, 4.69) is 97.9 Å². The number of allylic oxidation sites excluding steroid dienone is 2. The van der Waals surface area contributed by atoms with Gasteiger partial charge in [-0.05, 0) is 110 Å². The summed E-state index contributed by atoms with van der Waals surface area (Å²) >= 11 is 0. The zero-order valence-corrected chi connectivity index (χ0v) is 22.9. The van der Waals surface area contributed by atoms with E-state index in [0.29, 0.717) is 16.7 Å². The van der Waals surface area contributed by atoms with Crippen molar-refractivity contribution < 1.29 is 0 Å². The van der Waals surface area contributed by atoms with Gasteiger partial charge in [-0.15, -0.1) is 0 Å². The van der Waals surface area contributed by atoms with Gasteiger partial charge in [0.05, 0.1) is 0 Å². The summed E-state index contributed by atoms with van der Waals surface area (Å²) in [5.74, 6) is 0.451. The van der Waals surface area contributed by atoms with Crippen LogP contribution in [0, 0.1) is 6.92 Å². The zero-order valence-electron chi connectivity index (χ0n) is 22.9. The summed E-state index contributed by atoms with van der Waals surface area (Å²) in [6, 6.07) is 34.0. The molecule has 0 aliphatic heterocycles. The van der Waals surface area contributed by atoms with Crippen LogP contribution in [0.4, 0.5) is 0 Å². The molecule has 2 heteroatoms. The van der Waals surface area contributed by atoms with Crippen LogP contribution in [0.2, 0.25) is 0 Å². The Morgan fingerprint density at radius 1 is 0.561 bits per heavy atom. The first-order valence-electron chi connectivity index (χ1n) is 14.5. The van der Waals surface area contributed by atoms with E-state index in [9.17, 15) is 9.59 Å². The average Bonchev–Trinajstić information content (AvgIpc) is 3.29. The number of hydrogen-bond donors (Lipinski definition) is 0. The maximum Gasteiger partial charge on any atom is 0.234 e. The first kappa shape index (κ1) is 24.0. The fourth-order valence-electron chi connectivity index (χ4n) is 7.23. The summed E-state index contributed by atoms with van der Waals surface area (Å²) in [5.41, 5.74) is 4.23. The van der Waals surface area contributed by atoms with Gasteiger partial charge in [0.2, 0.25) is 10.9 Å². The van der Waals surface area contributed by atoms with Gasteiger partial charge in [-0.1, -0.05) is 91.0 Å². The largest absolute Gasteiger partial charge is 0.285 e.